The van der Waals surface area contributed by atoms with E-state index in [0.717, 1.165) is 119 Å². The first kappa shape index (κ1) is 56.8. The van der Waals surface area contributed by atoms with Gasteiger partial charge in [-0.2, -0.15) is 11.0 Å². The number of rotatable bonds is 0. The first-order valence-corrected chi connectivity index (χ1v) is 28.8. The number of fused-ring (bicyclic) bond motifs is 22. The van der Waals surface area contributed by atoms with Gasteiger partial charge in [-0.25, -0.2) is 0 Å². The Morgan fingerprint density at radius 2 is 0.728 bits per heavy atom. The molecule has 0 unspecified atom stereocenters. The maximum atomic E-state index is 8.06. The van der Waals surface area contributed by atoms with Gasteiger partial charge in [-0.3, -0.25) is 0 Å². The minimum atomic E-state index is -0.167. The number of ether oxygens (including phenoxy) is 4. The van der Waals surface area contributed by atoms with Gasteiger partial charge in [0, 0.05) is 58.0 Å². The molecule has 0 amide bonds. The number of aliphatic hydroxyl groups is 1. The second kappa shape index (κ2) is 21.0. The maximum absolute atomic E-state index is 8.06. The summed E-state index contributed by atoms with van der Waals surface area (Å²) in [5.41, 5.74) is 12.9. The average molecular weight is 1130 g/mol. The van der Waals surface area contributed by atoms with E-state index in [1.807, 2.05) is 0 Å². The minimum absolute atomic E-state index is 0. The fourth-order valence-corrected chi connectivity index (χ4v) is 12.1. The van der Waals surface area contributed by atoms with Crippen molar-refractivity contribution in [2.24, 2.45) is 0 Å². The Labute approximate surface area is 487 Å². The zero-order valence-electron chi connectivity index (χ0n) is 50.0. The van der Waals surface area contributed by atoms with Crippen LogP contribution >= 0.6 is 0 Å². The fraction of sp³-hybridized carbons (Fsp3) is 0.380. The fourth-order valence-electron chi connectivity index (χ4n) is 12.1. The van der Waals surface area contributed by atoms with Gasteiger partial charge in [0.15, 0.2) is 0 Å². The molecule has 0 radical (unpaired) electrons. The monoisotopic (exact) mass is 1130 g/mol. The first-order chi connectivity index (χ1) is 38.0. The van der Waals surface area contributed by atoms with E-state index < -0.39 is 0 Å². The van der Waals surface area contributed by atoms with Crippen LogP contribution in [0.25, 0.3) is 130 Å². The Morgan fingerprint density at radius 1 is 0.407 bits per heavy atom. The van der Waals surface area contributed by atoms with Crippen LogP contribution in [0, 0.1) is 0 Å². The van der Waals surface area contributed by atoms with Crippen LogP contribution in [0.2, 0.25) is 0 Å². The number of hydrogen-bond acceptors (Lipinski definition) is 5. The summed E-state index contributed by atoms with van der Waals surface area (Å²) in [7, 11) is 0. The Bertz CT molecular complexity index is 3940. The van der Waals surface area contributed by atoms with Crippen LogP contribution < -0.4 is 19.9 Å². The molecule has 15 rings (SSSR count). The van der Waals surface area contributed by atoms with Gasteiger partial charge in [0.1, 0.15) is 10.8 Å². The van der Waals surface area contributed by atoms with E-state index in [-0.39, 0.29) is 47.2 Å². The number of benzene rings is 4. The van der Waals surface area contributed by atoms with E-state index in [0.29, 0.717) is 0 Å². The van der Waals surface area contributed by atoms with Crippen molar-refractivity contribution in [3.05, 3.63) is 119 Å². The van der Waals surface area contributed by atoms with Crippen LogP contribution in [0.1, 0.15) is 119 Å². The summed E-state index contributed by atoms with van der Waals surface area (Å²) in [5.74, 6) is 0. The molecule has 2 saturated heterocycles. The second-order valence-corrected chi connectivity index (χ2v) is 26.6. The van der Waals surface area contributed by atoms with E-state index >= 15 is 0 Å². The zero-order valence-corrected chi connectivity index (χ0v) is 53.0. The van der Waals surface area contributed by atoms with Crippen LogP contribution in [0.4, 0.5) is 0 Å². The van der Waals surface area contributed by atoms with Crippen LogP contribution in [-0.2, 0) is 60.1 Å². The summed E-state index contributed by atoms with van der Waals surface area (Å²) >= 11 is 0. The van der Waals surface area contributed by atoms with Gasteiger partial charge in [0.05, 0.1) is 85.2 Å². The number of aliphatic hydroxyl groups excluding tert-OH is 1. The zero-order chi connectivity index (χ0) is 56.4. The molecule has 0 atom stereocenters. The summed E-state index contributed by atoms with van der Waals surface area (Å²) in [5, 5.41) is 27.0. The summed E-state index contributed by atoms with van der Waals surface area (Å²) in [6.07, 6.45) is -0.167. The summed E-state index contributed by atoms with van der Waals surface area (Å²) < 4.78 is 19.8. The largest absolute Gasteiger partial charge is 2.00 e. The Balaban J connectivity index is 0.000000354. The molecule has 81 heavy (non-hydrogen) atoms. The molecule has 9 nitrogen and oxygen atoms in total. The molecular weight excluding hydrogens is 1050 g/mol. The molecule has 1 N–H and O–H groups in total. The summed E-state index contributed by atoms with van der Waals surface area (Å²) in [6.45, 7) is 37.3. The molecule has 2 aliphatic rings. The van der Waals surface area contributed by atoms with E-state index in [9.17, 15) is 0 Å². The molecule has 0 aliphatic carbocycles. The van der Waals surface area contributed by atoms with Crippen molar-refractivity contribution in [1.29, 1.82) is 0 Å². The molecule has 0 saturated carbocycles. The molecule has 7 heterocycles. The van der Waals surface area contributed by atoms with Crippen molar-refractivity contribution in [2.75, 3.05) is 52.9 Å². The number of hydrogen-bond donors (Lipinski definition) is 1. The van der Waals surface area contributed by atoms with Gasteiger partial charge in [-0.15, -0.1) is 28.3 Å². The van der Waals surface area contributed by atoms with E-state index in [2.05, 4.69) is 180 Å². The summed E-state index contributed by atoms with van der Waals surface area (Å²) in [6, 6.07) is 37.2. The molecule has 8 bridgehead atoms. The molecule has 2 fully saturated rings. The SMILES string of the molecule is C1COCCO1.C1COCCO1.CC(C)(C)c1ccc2c(c1)c1c3c4cc(C(C)(C)C)ccc4[c+]4c5ccc([n-]5)[c-]5c6ccc(C(C)(C)C)cc6c6c7c8cc(C(C)(C)C)ccc8[c+](c8ccc([n-]8)[c+]2c1[n-]c34)c7[n-]c65.CC(C)O.[Zn+2]. The summed E-state index contributed by atoms with van der Waals surface area (Å²) in [4.78, 5) is 22.9. The molecule has 2 aliphatic heterocycles. The van der Waals surface area contributed by atoms with Gasteiger partial charge in [0.2, 0.25) is 0 Å². The van der Waals surface area contributed by atoms with Crippen LogP contribution in [0.15, 0.2) is 97.1 Å². The van der Waals surface area contributed by atoms with Gasteiger partial charge in [0.25, 0.3) is 0 Å². The van der Waals surface area contributed by atoms with Crippen molar-refractivity contribution in [3.63, 3.8) is 0 Å². The van der Waals surface area contributed by atoms with Crippen molar-refractivity contribution in [2.45, 2.75) is 125 Å². The third-order valence-electron chi connectivity index (χ3n) is 16.3. The van der Waals surface area contributed by atoms with Crippen LogP contribution in [0.3, 0.4) is 0 Å². The predicted molar refractivity (Wildman–Crippen MR) is 336 cm³/mol. The molecule has 8 aromatic carbocycles. The Hall–Kier alpha value is -6.10. The van der Waals surface area contributed by atoms with Gasteiger partial charge in [-0.1, -0.05) is 123 Å². The topological polar surface area (TPSA) is 114 Å². The van der Waals surface area contributed by atoms with E-state index in [1.165, 1.54) is 86.9 Å². The quantitative estimate of drug-likeness (QED) is 0.117. The standard InChI is InChI=1S/C60H52N4.2C4H8O2.C3H8O.Zn/c1-57(2,3)29-13-17-33-37(25-29)49-50-38-26-30(58(4,5)6)14-18-34(38)46-42-23-24-44(62-42)48-36-20-16-32(60(10,11)12)28-40(36)52-51-39-27-31(59(7,8)9)15-19-35(39)47(55(51)64-56(48)52)43-22-21-41(61-43)45(33)53(49)63-54(46)50;2*1-2-6-4-3-5-1;1-3(2)4;/h13-28H,1-12H3;2*1-4H2;3-4H,1-2H3;/q-2;;;;+2. The Kier molecular flexibility index (Phi) is 14.7. The van der Waals surface area contributed by atoms with Crippen molar-refractivity contribution < 1.29 is 43.5 Å². The third kappa shape index (κ3) is 9.96. The maximum Gasteiger partial charge on any atom is 2.00 e. The van der Waals surface area contributed by atoms with Crippen LogP contribution in [0.5, 0.6) is 0 Å². The van der Waals surface area contributed by atoms with Gasteiger partial charge >= 0.3 is 19.5 Å². The molecule has 10 heteroatoms. The predicted octanol–water partition coefficient (Wildman–Crippen LogP) is 16.4. The van der Waals surface area contributed by atoms with Crippen molar-refractivity contribution in [1.82, 2.24) is 19.9 Å². The normalized spacial score (nSPS) is 15.0. The van der Waals surface area contributed by atoms with Gasteiger partial charge < -0.3 is 44.0 Å². The first-order valence-electron chi connectivity index (χ1n) is 28.8. The minimum Gasteiger partial charge on any atom is -0.656 e. The second-order valence-electron chi connectivity index (χ2n) is 26.6. The smallest absolute Gasteiger partial charge is 0.656 e. The van der Waals surface area contributed by atoms with E-state index in [4.69, 9.17) is 44.0 Å². The van der Waals surface area contributed by atoms with Gasteiger partial charge in [-0.05, 0) is 111 Å². The third-order valence-corrected chi connectivity index (χ3v) is 16.3. The van der Waals surface area contributed by atoms with Crippen molar-refractivity contribution >= 4 is 130 Å². The molecule has 0 spiro atoms. The number of nitrogens with zero attached hydrogens (tertiary/aromatic N) is 4. The number of aromatic nitrogens is 4. The van der Waals surface area contributed by atoms with Crippen LogP contribution in [-0.4, -0.2) is 64.1 Å². The molecule has 412 valence electrons. The average Bonchev–Trinajstić information content (AvgIpc) is 4.44. The molecular formula is C71H76N4O5Zn. The molecule has 13 aromatic rings. The van der Waals surface area contributed by atoms with Crippen molar-refractivity contribution in [3.8, 4) is 0 Å². The Morgan fingerprint density at radius 3 is 1.10 bits per heavy atom. The van der Waals surface area contributed by atoms with E-state index in [1.54, 1.807) is 13.8 Å². The molecule has 5 aromatic heterocycles.